The van der Waals surface area contributed by atoms with E-state index in [1.54, 1.807) is 0 Å². The summed E-state index contributed by atoms with van der Waals surface area (Å²) in [5, 5.41) is 3.50. The van der Waals surface area contributed by atoms with Crippen molar-refractivity contribution in [1.29, 1.82) is 0 Å². The van der Waals surface area contributed by atoms with Gasteiger partial charge in [0.2, 0.25) is 0 Å². The van der Waals surface area contributed by atoms with Crippen LogP contribution >= 0.6 is 11.8 Å². The molecule has 2 heteroatoms. The van der Waals surface area contributed by atoms with E-state index in [4.69, 9.17) is 0 Å². The van der Waals surface area contributed by atoms with Gasteiger partial charge >= 0.3 is 0 Å². The Labute approximate surface area is 97.7 Å². The first-order valence-electron chi connectivity index (χ1n) is 5.38. The summed E-state index contributed by atoms with van der Waals surface area (Å²) in [6.07, 6.45) is 2.14. The second-order valence-electron chi connectivity index (χ2n) is 4.72. The van der Waals surface area contributed by atoms with E-state index in [9.17, 15) is 0 Å². The largest absolute Gasteiger partial charge is 0.384 e. The van der Waals surface area contributed by atoms with Crippen LogP contribution in [0.3, 0.4) is 0 Å². The zero-order chi connectivity index (χ0) is 11.3. The maximum absolute atomic E-state index is 3.50. The van der Waals surface area contributed by atoms with Crippen LogP contribution < -0.4 is 5.32 Å². The quantitative estimate of drug-likeness (QED) is 0.780. The van der Waals surface area contributed by atoms with Crippen molar-refractivity contribution in [3.8, 4) is 0 Å². The Bertz CT molecular complexity index is 302. The number of nitrogens with one attached hydrogen (secondary N) is 1. The fraction of sp³-hybridized carbons (Fsp3) is 0.538. The number of para-hydroxylation sites is 1. The van der Waals surface area contributed by atoms with Crippen LogP contribution in [0.2, 0.25) is 0 Å². The van der Waals surface area contributed by atoms with Crippen molar-refractivity contribution >= 4 is 17.4 Å². The van der Waals surface area contributed by atoms with Crippen molar-refractivity contribution in [1.82, 2.24) is 0 Å². The molecule has 0 unspecified atom stereocenters. The molecular weight excluding hydrogens is 202 g/mol. The van der Waals surface area contributed by atoms with Gasteiger partial charge in [-0.15, -0.1) is 0 Å². The first-order valence-corrected chi connectivity index (χ1v) is 6.77. The van der Waals surface area contributed by atoms with E-state index in [1.807, 2.05) is 11.8 Å². The average molecular weight is 223 g/mol. The van der Waals surface area contributed by atoms with Crippen LogP contribution in [-0.2, 0) is 5.41 Å². The van der Waals surface area contributed by atoms with Crippen molar-refractivity contribution in [2.24, 2.45) is 0 Å². The molecule has 0 spiro atoms. The van der Waals surface area contributed by atoms with Gasteiger partial charge in [0.05, 0.1) is 0 Å². The number of anilines is 1. The summed E-state index contributed by atoms with van der Waals surface area (Å²) in [5.74, 6) is 1.15. The molecule has 1 nitrogen and oxygen atoms in total. The van der Waals surface area contributed by atoms with Crippen molar-refractivity contribution < 1.29 is 0 Å². The summed E-state index contributed by atoms with van der Waals surface area (Å²) < 4.78 is 0. The van der Waals surface area contributed by atoms with Crippen molar-refractivity contribution in [2.75, 3.05) is 23.9 Å². The summed E-state index contributed by atoms with van der Waals surface area (Å²) in [6, 6.07) is 8.58. The Morgan fingerprint density at radius 1 is 1.20 bits per heavy atom. The van der Waals surface area contributed by atoms with Crippen LogP contribution in [-0.4, -0.2) is 18.6 Å². The van der Waals surface area contributed by atoms with Gasteiger partial charge in [0, 0.05) is 18.0 Å². The molecule has 0 aliphatic carbocycles. The summed E-state index contributed by atoms with van der Waals surface area (Å²) in [6.45, 7) is 7.79. The molecule has 0 aliphatic rings. The minimum absolute atomic E-state index is 0.211. The predicted molar refractivity (Wildman–Crippen MR) is 72.0 cm³/mol. The first kappa shape index (κ1) is 12.4. The number of hydrogen-bond donors (Lipinski definition) is 1. The zero-order valence-electron chi connectivity index (χ0n) is 10.1. The molecule has 84 valence electrons. The van der Waals surface area contributed by atoms with Crippen LogP contribution in [0.1, 0.15) is 26.3 Å². The van der Waals surface area contributed by atoms with Gasteiger partial charge in [-0.1, -0.05) is 39.0 Å². The summed E-state index contributed by atoms with van der Waals surface area (Å²) in [7, 11) is 0. The summed E-state index contributed by atoms with van der Waals surface area (Å²) >= 11 is 1.87. The zero-order valence-corrected chi connectivity index (χ0v) is 10.9. The lowest BCUT2D eigenvalue weighted by Gasteiger charge is -2.23. The molecule has 1 aromatic rings. The Morgan fingerprint density at radius 2 is 1.87 bits per heavy atom. The van der Waals surface area contributed by atoms with E-state index in [1.165, 1.54) is 11.3 Å². The Kier molecular flexibility index (Phi) is 4.52. The van der Waals surface area contributed by atoms with Gasteiger partial charge in [0.15, 0.2) is 0 Å². The third kappa shape index (κ3) is 3.78. The first-order chi connectivity index (χ1) is 7.05. The van der Waals surface area contributed by atoms with Crippen LogP contribution in [0.5, 0.6) is 0 Å². The molecule has 1 rings (SSSR count). The number of hydrogen-bond acceptors (Lipinski definition) is 2. The maximum Gasteiger partial charge on any atom is 0.0378 e. The van der Waals surface area contributed by atoms with Crippen molar-refractivity contribution in [3.63, 3.8) is 0 Å². The van der Waals surface area contributed by atoms with Crippen LogP contribution in [0.4, 0.5) is 5.69 Å². The molecule has 0 saturated heterocycles. The highest BCUT2D eigenvalue weighted by Gasteiger charge is 2.16. The van der Waals surface area contributed by atoms with E-state index in [-0.39, 0.29) is 5.41 Å². The molecule has 0 aliphatic heterocycles. The van der Waals surface area contributed by atoms with E-state index in [0.29, 0.717) is 0 Å². The smallest absolute Gasteiger partial charge is 0.0378 e. The maximum atomic E-state index is 3.50. The summed E-state index contributed by atoms with van der Waals surface area (Å²) in [4.78, 5) is 0. The van der Waals surface area contributed by atoms with Crippen molar-refractivity contribution in [3.05, 3.63) is 29.8 Å². The Hall–Kier alpha value is -0.630. The normalized spacial score (nSPS) is 11.5. The fourth-order valence-electron chi connectivity index (χ4n) is 1.58. The van der Waals surface area contributed by atoms with Gasteiger partial charge in [0.1, 0.15) is 0 Å². The molecule has 0 aromatic heterocycles. The van der Waals surface area contributed by atoms with Gasteiger partial charge in [-0.05, 0) is 23.3 Å². The molecule has 0 bridgehead atoms. The lowest BCUT2D eigenvalue weighted by atomic mass is 9.86. The molecule has 0 saturated carbocycles. The van der Waals surface area contributed by atoms with E-state index < -0.39 is 0 Å². The molecule has 0 atom stereocenters. The van der Waals surface area contributed by atoms with E-state index in [2.05, 4.69) is 56.6 Å². The minimum atomic E-state index is 0.211. The topological polar surface area (TPSA) is 12.0 Å². The van der Waals surface area contributed by atoms with Gasteiger partial charge in [-0.25, -0.2) is 0 Å². The molecule has 15 heavy (non-hydrogen) atoms. The Balaban J connectivity index is 2.78. The highest BCUT2D eigenvalue weighted by Crippen LogP contribution is 2.28. The molecule has 0 fully saturated rings. The van der Waals surface area contributed by atoms with Crippen molar-refractivity contribution in [2.45, 2.75) is 26.2 Å². The number of rotatable bonds is 4. The van der Waals surface area contributed by atoms with Crippen LogP contribution in [0.15, 0.2) is 24.3 Å². The number of thioether (sulfide) groups is 1. The molecule has 1 aromatic carbocycles. The van der Waals surface area contributed by atoms with Gasteiger partial charge in [0.25, 0.3) is 0 Å². The third-order valence-electron chi connectivity index (χ3n) is 2.36. The molecule has 0 heterocycles. The second-order valence-corrected chi connectivity index (χ2v) is 5.70. The number of benzene rings is 1. The van der Waals surface area contributed by atoms with Gasteiger partial charge in [-0.2, -0.15) is 11.8 Å². The highest BCUT2D eigenvalue weighted by atomic mass is 32.2. The predicted octanol–water partition coefficient (Wildman–Crippen LogP) is 3.76. The lowest BCUT2D eigenvalue weighted by Crippen LogP contribution is -2.15. The molecule has 1 N–H and O–H groups in total. The molecule has 0 amide bonds. The average Bonchev–Trinajstić information content (AvgIpc) is 2.17. The van der Waals surface area contributed by atoms with Crippen LogP contribution in [0.25, 0.3) is 0 Å². The molecular formula is C13H21NS. The minimum Gasteiger partial charge on any atom is -0.384 e. The van der Waals surface area contributed by atoms with Gasteiger partial charge < -0.3 is 5.32 Å². The third-order valence-corrected chi connectivity index (χ3v) is 2.97. The lowest BCUT2D eigenvalue weighted by molar-refractivity contribution is 0.592. The highest BCUT2D eigenvalue weighted by molar-refractivity contribution is 7.98. The van der Waals surface area contributed by atoms with Gasteiger partial charge in [-0.3, -0.25) is 0 Å². The van der Waals surface area contributed by atoms with E-state index >= 15 is 0 Å². The van der Waals surface area contributed by atoms with Crippen LogP contribution in [0, 0.1) is 0 Å². The molecule has 0 radical (unpaired) electrons. The standard InChI is InChI=1S/C13H21NS/c1-13(2,3)11-7-5-6-8-12(11)14-9-10-15-4/h5-8,14H,9-10H2,1-4H3. The fourth-order valence-corrected chi connectivity index (χ4v) is 1.89. The Morgan fingerprint density at radius 3 is 2.47 bits per heavy atom. The summed E-state index contributed by atoms with van der Waals surface area (Å²) in [5.41, 5.74) is 2.88. The monoisotopic (exact) mass is 223 g/mol. The SMILES string of the molecule is CSCCNc1ccccc1C(C)(C)C. The second kappa shape index (κ2) is 5.45. The van der Waals surface area contributed by atoms with E-state index in [0.717, 1.165) is 12.3 Å².